The Kier molecular flexibility index (Phi) is 47.1. The number of hydrogen-bond donors (Lipinski definition) is 0. The molecule has 0 rings (SSSR count). The van der Waals surface area contributed by atoms with Crippen molar-refractivity contribution in [1.82, 2.24) is 4.90 Å². The maximum atomic E-state index is 10.9. The SMILES string of the molecule is CCCCCCCCCCCCCCCCCCCCN(CCCCCCCCCCCCCCCCCCCC)C(C)CCCC(=O)[O-].[Li+]. The Bertz CT molecular complexity index is 589. The summed E-state index contributed by atoms with van der Waals surface area (Å²) in [6.45, 7) is 9.29. The number of aliphatic carboxylic acids is 1. The van der Waals surface area contributed by atoms with Gasteiger partial charge in [-0.1, -0.05) is 232 Å². The van der Waals surface area contributed by atoms with E-state index >= 15 is 0 Å². The summed E-state index contributed by atoms with van der Waals surface area (Å²) in [5.74, 6) is -0.897. The summed E-state index contributed by atoms with van der Waals surface area (Å²) in [5, 5.41) is 10.9. The van der Waals surface area contributed by atoms with Crippen LogP contribution in [-0.2, 0) is 4.79 Å². The predicted molar refractivity (Wildman–Crippen MR) is 217 cm³/mol. The fourth-order valence-electron chi connectivity index (χ4n) is 7.71. The van der Waals surface area contributed by atoms with Crippen molar-refractivity contribution in [2.75, 3.05) is 13.1 Å². The smallest absolute Gasteiger partial charge is 0.550 e. The number of hydrogen-bond acceptors (Lipinski definition) is 3. The summed E-state index contributed by atoms with van der Waals surface area (Å²) >= 11 is 0. The molecule has 0 aliphatic carbocycles. The third-order valence-electron chi connectivity index (χ3n) is 11.2. The van der Waals surface area contributed by atoms with Crippen LogP contribution in [0.25, 0.3) is 0 Å². The van der Waals surface area contributed by atoms with Crippen LogP contribution >= 0.6 is 0 Å². The zero-order chi connectivity index (χ0) is 35.7. The van der Waals surface area contributed by atoms with E-state index in [2.05, 4.69) is 25.7 Å². The fourth-order valence-corrected chi connectivity index (χ4v) is 7.71. The minimum Gasteiger partial charge on any atom is -0.550 e. The van der Waals surface area contributed by atoms with Crippen LogP contribution in [0.15, 0.2) is 0 Å². The topological polar surface area (TPSA) is 43.4 Å². The van der Waals surface area contributed by atoms with Gasteiger partial charge in [-0.15, -0.1) is 0 Å². The Hall–Kier alpha value is 0.0274. The van der Waals surface area contributed by atoms with E-state index in [9.17, 15) is 9.90 Å². The molecule has 50 heavy (non-hydrogen) atoms. The minimum atomic E-state index is -0.897. The third-order valence-corrected chi connectivity index (χ3v) is 11.2. The summed E-state index contributed by atoms with van der Waals surface area (Å²) in [6.07, 6.45) is 53.1. The summed E-state index contributed by atoms with van der Waals surface area (Å²) in [4.78, 5) is 13.6. The van der Waals surface area contributed by atoms with Gasteiger partial charge in [-0.25, -0.2) is 0 Å². The van der Waals surface area contributed by atoms with Crippen LogP contribution in [0.3, 0.4) is 0 Å². The van der Waals surface area contributed by atoms with E-state index in [-0.39, 0.29) is 25.3 Å². The van der Waals surface area contributed by atoms with Gasteiger partial charge in [-0.3, -0.25) is 0 Å². The van der Waals surface area contributed by atoms with Crippen molar-refractivity contribution in [3.05, 3.63) is 0 Å². The molecule has 0 aliphatic heterocycles. The summed E-state index contributed by atoms with van der Waals surface area (Å²) in [7, 11) is 0. The molecule has 0 fully saturated rings. The molecule has 0 aromatic heterocycles. The molecule has 1 atom stereocenters. The molecule has 0 saturated carbocycles. The molecule has 0 aromatic carbocycles. The van der Waals surface area contributed by atoms with Gasteiger partial charge in [-0.05, 0) is 52.1 Å². The van der Waals surface area contributed by atoms with Gasteiger partial charge in [0.2, 0.25) is 0 Å². The van der Waals surface area contributed by atoms with Crippen molar-refractivity contribution in [1.29, 1.82) is 0 Å². The van der Waals surface area contributed by atoms with E-state index in [1.807, 2.05) is 0 Å². The summed E-state index contributed by atoms with van der Waals surface area (Å²) in [5.41, 5.74) is 0. The van der Waals surface area contributed by atoms with Gasteiger partial charge in [0.15, 0.2) is 0 Å². The monoisotopic (exact) mass is 698 g/mol. The molecule has 294 valence electrons. The van der Waals surface area contributed by atoms with Crippen molar-refractivity contribution in [3.8, 4) is 0 Å². The third kappa shape index (κ3) is 42.4. The van der Waals surface area contributed by atoms with Crippen LogP contribution in [-0.4, -0.2) is 30.0 Å². The molecule has 0 amide bonds. The maximum Gasteiger partial charge on any atom is 1.00 e. The first-order valence-electron chi connectivity index (χ1n) is 23.1. The van der Waals surface area contributed by atoms with Gasteiger partial charge in [-0.2, -0.15) is 0 Å². The van der Waals surface area contributed by atoms with Crippen molar-refractivity contribution in [2.24, 2.45) is 0 Å². The molecular formula is C46H92LiNO2. The zero-order valence-electron chi connectivity index (χ0n) is 35.3. The van der Waals surface area contributed by atoms with Gasteiger partial charge >= 0.3 is 18.9 Å². The minimum absolute atomic E-state index is 0. The fraction of sp³-hybridized carbons (Fsp3) is 0.978. The number of rotatable bonds is 43. The molecular weight excluding hydrogens is 605 g/mol. The Morgan fingerprint density at radius 3 is 0.840 bits per heavy atom. The van der Waals surface area contributed by atoms with Gasteiger partial charge < -0.3 is 14.8 Å². The second kappa shape index (κ2) is 45.2. The second-order valence-corrected chi connectivity index (χ2v) is 16.2. The van der Waals surface area contributed by atoms with Crippen LogP contribution in [0.1, 0.15) is 271 Å². The first kappa shape index (κ1) is 52.1. The molecule has 0 spiro atoms. The number of carboxylic acids is 1. The van der Waals surface area contributed by atoms with E-state index in [4.69, 9.17) is 0 Å². The first-order chi connectivity index (χ1) is 24.1. The molecule has 3 nitrogen and oxygen atoms in total. The predicted octanol–water partition coefficient (Wildman–Crippen LogP) is 11.7. The second-order valence-electron chi connectivity index (χ2n) is 16.2. The average Bonchev–Trinajstić information content (AvgIpc) is 3.09. The number of carboxylic acid groups (broad SMARTS) is 1. The van der Waals surface area contributed by atoms with E-state index in [1.165, 1.54) is 244 Å². The van der Waals surface area contributed by atoms with E-state index < -0.39 is 5.97 Å². The largest absolute Gasteiger partial charge is 1.00 e. The molecule has 0 N–H and O–H groups in total. The molecule has 1 unspecified atom stereocenters. The quantitative estimate of drug-likeness (QED) is 0.0470. The van der Waals surface area contributed by atoms with Gasteiger partial charge in [0, 0.05) is 12.0 Å². The Morgan fingerprint density at radius 2 is 0.620 bits per heavy atom. The summed E-state index contributed by atoms with van der Waals surface area (Å²) < 4.78 is 0. The Balaban J connectivity index is 0. The van der Waals surface area contributed by atoms with Crippen LogP contribution in [0.2, 0.25) is 0 Å². The molecule has 0 radical (unpaired) electrons. The van der Waals surface area contributed by atoms with Crippen molar-refractivity contribution >= 4 is 5.97 Å². The van der Waals surface area contributed by atoms with Crippen molar-refractivity contribution < 1.29 is 28.8 Å². The van der Waals surface area contributed by atoms with Crippen LogP contribution in [0, 0.1) is 0 Å². The number of carbonyl (C=O) groups is 1. The van der Waals surface area contributed by atoms with Crippen molar-refractivity contribution in [3.63, 3.8) is 0 Å². The van der Waals surface area contributed by atoms with E-state index in [1.54, 1.807) is 0 Å². The van der Waals surface area contributed by atoms with E-state index in [0.717, 1.165) is 12.8 Å². The number of nitrogens with zero attached hydrogens (tertiary/aromatic N) is 1. The van der Waals surface area contributed by atoms with Crippen LogP contribution in [0.4, 0.5) is 0 Å². The first-order valence-corrected chi connectivity index (χ1v) is 23.1. The summed E-state index contributed by atoms with van der Waals surface area (Å²) in [6, 6.07) is 0.482. The Morgan fingerprint density at radius 1 is 0.400 bits per heavy atom. The molecule has 0 saturated heterocycles. The van der Waals surface area contributed by atoms with E-state index in [0.29, 0.717) is 6.04 Å². The molecule has 4 heteroatoms. The maximum absolute atomic E-state index is 10.9. The molecule has 0 heterocycles. The molecule has 0 aliphatic rings. The van der Waals surface area contributed by atoms with Crippen LogP contribution in [0.5, 0.6) is 0 Å². The van der Waals surface area contributed by atoms with Crippen molar-refractivity contribution in [2.45, 2.75) is 277 Å². The van der Waals surface area contributed by atoms with Gasteiger partial charge in [0.05, 0.1) is 0 Å². The standard InChI is InChI=1S/C46H93NO2.Li/c1-4-6-8-10-12-14-16-18-20-22-24-26-28-30-32-34-36-38-43-47(45(3)41-40-42-46(48)49)44-39-37-35-33-31-29-27-25-23-21-19-17-15-13-11-9-7-5-2;/h45H,4-44H2,1-3H3,(H,48,49);/q;+1/p-1. The van der Waals surface area contributed by atoms with Crippen LogP contribution < -0.4 is 24.0 Å². The molecule has 0 aromatic rings. The number of unbranched alkanes of at least 4 members (excludes halogenated alkanes) is 34. The van der Waals surface area contributed by atoms with Gasteiger partial charge in [0.1, 0.15) is 0 Å². The number of carbonyl (C=O) groups excluding carboxylic acids is 1. The Labute approximate surface area is 328 Å². The van der Waals surface area contributed by atoms with Gasteiger partial charge in [0.25, 0.3) is 0 Å². The zero-order valence-corrected chi connectivity index (χ0v) is 35.3. The normalized spacial score (nSPS) is 12.1. The average molecular weight is 698 g/mol. The molecule has 0 bridgehead atoms.